The van der Waals surface area contributed by atoms with Crippen molar-refractivity contribution in [1.82, 2.24) is 0 Å². The third kappa shape index (κ3) is 1.79. The van der Waals surface area contributed by atoms with E-state index in [1.807, 2.05) is 0 Å². The molecule has 7 nitrogen and oxygen atoms in total. The largest absolute Gasteiger partial charge is 0.769 e. The van der Waals surface area contributed by atoms with E-state index >= 15 is 0 Å². The summed E-state index contributed by atoms with van der Waals surface area (Å²) in [5.41, 5.74) is 4.30. The predicted molar refractivity (Wildman–Crippen MR) is 46.1 cm³/mol. The van der Waals surface area contributed by atoms with E-state index in [9.17, 15) is 10.4 Å². The summed E-state index contributed by atoms with van der Waals surface area (Å²) in [5, 5.41) is 36.9. The van der Waals surface area contributed by atoms with Gasteiger partial charge in [-0.05, 0) is 12.1 Å². The van der Waals surface area contributed by atoms with Crippen molar-refractivity contribution >= 4 is 17.1 Å². The Bertz CT molecular complexity index is 302. The van der Waals surface area contributed by atoms with Gasteiger partial charge in [0.2, 0.25) is 0 Å². The highest BCUT2D eigenvalue weighted by Gasteiger charge is 2.09. The van der Waals surface area contributed by atoms with Gasteiger partial charge in [-0.25, -0.2) is 0 Å². The molecule has 1 rings (SSSR count). The van der Waals surface area contributed by atoms with Gasteiger partial charge in [-0.3, -0.25) is 10.4 Å². The lowest BCUT2D eigenvalue weighted by molar-refractivity contribution is 0.0299. The normalized spacial score (nSPS) is 9.85. The van der Waals surface area contributed by atoms with Crippen LogP contribution in [0.15, 0.2) is 18.2 Å². The molecule has 0 amide bonds. The SMILES string of the molecule is Nc1cccc(N([O-])[O-])c1N(O)O. The Hall–Kier alpha value is -1.54. The maximum absolute atomic E-state index is 10.4. The summed E-state index contributed by atoms with van der Waals surface area (Å²) in [5.74, 6) is 0. The van der Waals surface area contributed by atoms with Gasteiger partial charge in [-0.2, -0.15) is 0 Å². The summed E-state index contributed by atoms with van der Waals surface area (Å²) in [6, 6.07) is 3.79. The minimum Gasteiger partial charge on any atom is -0.769 e. The number of rotatable bonds is 2. The molecule has 0 heterocycles. The van der Waals surface area contributed by atoms with Crippen LogP contribution in [0.25, 0.3) is 0 Å². The molecule has 0 aromatic heterocycles. The molecule has 0 atom stereocenters. The lowest BCUT2D eigenvalue weighted by atomic mass is 10.2. The van der Waals surface area contributed by atoms with Crippen LogP contribution in [0.2, 0.25) is 0 Å². The second-order valence-corrected chi connectivity index (χ2v) is 2.26. The van der Waals surface area contributed by atoms with Crippen LogP contribution >= 0.6 is 0 Å². The van der Waals surface area contributed by atoms with Gasteiger partial charge in [0, 0.05) is 5.69 Å². The van der Waals surface area contributed by atoms with Crippen LogP contribution in [0.4, 0.5) is 17.1 Å². The van der Waals surface area contributed by atoms with E-state index in [-0.39, 0.29) is 10.9 Å². The zero-order valence-corrected chi connectivity index (χ0v) is 6.41. The quantitative estimate of drug-likeness (QED) is 0.457. The molecule has 7 heteroatoms. The highest BCUT2D eigenvalue weighted by Crippen LogP contribution is 2.32. The maximum atomic E-state index is 10.4. The van der Waals surface area contributed by atoms with Gasteiger partial charge >= 0.3 is 0 Å². The van der Waals surface area contributed by atoms with Gasteiger partial charge in [0.25, 0.3) is 0 Å². The van der Waals surface area contributed by atoms with Crippen molar-refractivity contribution in [2.45, 2.75) is 0 Å². The molecule has 0 unspecified atom stereocenters. The van der Waals surface area contributed by atoms with E-state index in [1.165, 1.54) is 12.1 Å². The molecule has 13 heavy (non-hydrogen) atoms. The predicted octanol–water partition coefficient (Wildman–Crippen LogP) is 0.656. The molecule has 72 valence electrons. The zero-order chi connectivity index (χ0) is 10.0. The fourth-order valence-corrected chi connectivity index (χ4v) is 0.914. The third-order valence-corrected chi connectivity index (χ3v) is 1.44. The maximum Gasteiger partial charge on any atom is 0.139 e. The number of anilines is 3. The molecule has 0 fully saturated rings. The fourth-order valence-electron chi connectivity index (χ4n) is 0.914. The highest BCUT2D eigenvalue weighted by molar-refractivity contribution is 5.81. The first-order chi connectivity index (χ1) is 6.04. The van der Waals surface area contributed by atoms with E-state index in [0.29, 0.717) is 0 Å². The number of hydrogen-bond acceptors (Lipinski definition) is 7. The van der Waals surface area contributed by atoms with Crippen LogP contribution in [0, 0.1) is 10.4 Å². The summed E-state index contributed by atoms with van der Waals surface area (Å²) >= 11 is 0. The van der Waals surface area contributed by atoms with Crippen molar-refractivity contribution in [1.29, 1.82) is 0 Å². The molecule has 0 saturated heterocycles. The van der Waals surface area contributed by atoms with E-state index in [1.54, 1.807) is 0 Å². The summed E-state index contributed by atoms with van der Waals surface area (Å²) in [6.07, 6.45) is 0. The lowest BCUT2D eigenvalue weighted by Gasteiger charge is -2.39. The Morgan fingerprint density at radius 1 is 1.23 bits per heavy atom. The minimum absolute atomic E-state index is 0.0841. The molecule has 1 aromatic rings. The lowest BCUT2D eigenvalue weighted by Crippen LogP contribution is -2.17. The van der Waals surface area contributed by atoms with Gasteiger partial charge in [-0.1, -0.05) is 6.07 Å². The summed E-state index contributed by atoms with van der Waals surface area (Å²) < 4.78 is 0. The molecule has 0 radical (unpaired) electrons. The van der Waals surface area contributed by atoms with E-state index in [4.69, 9.17) is 16.1 Å². The first-order valence-corrected chi connectivity index (χ1v) is 3.25. The molecule has 0 aliphatic rings. The Balaban J connectivity index is 3.26. The molecule has 0 bridgehead atoms. The van der Waals surface area contributed by atoms with Crippen LogP contribution in [-0.4, -0.2) is 10.4 Å². The van der Waals surface area contributed by atoms with Crippen molar-refractivity contribution in [2.75, 3.05) is 16.2 Å². The molecule has 1 aromatic carbocycles. The Kier molecular flexibility index (Phi) is 2.54. The monoisotopic (exact) mass is 185 g/mol. The first-order valence-electron chi connectivity index (χ1n) is 3.25. The number of nitrogens with zero attached hydrogens (tertiary/aromatic N) is 2. The van der Waals surface area contributed by atoms with Crippen molar-refractivity contribution in [2.24, 2.45) is 0 Å². The zero-order valence-electron chi connectivity index (χ0n) is 6.41. The summed E-state index contributed by atoms with van der Waals surface area (Å²) in [4.78, 5) is 0. The summed E-state index contributed by atoms with van der Waals surface area (Å²) in [6.45, 7) is 0. The van der Waals surface area contributed by atoms with Crippen LogP contribution in [-0.2, 0) is 0 Å². The molecule has 0 saturated carbocycles. The number of benzene rings is 1. The standard InChI is InChI=1S/C6H7N3O4/c7-4-2-1-3-5(8(10)11)6(4)9(12)13/h1-3,12-13H,7H2/q-2. The molecule has 4 N–H and O–H groups in total. The van der Waals surface area contributed by atoms with Crippen LogP contribution in [0.5, 0.6) is 0 Å². The van der Waals surface area contributed by atoms with Crippen molar-refractivity contribution in [3.05, 3.63) is 28.6 Å². The van der Waals surface area contributed by atoms with Crippen LogP contribution in [0.1, 0.15) is 0 Å². The van der Waals surface area contributed by atoms with Gasteiger partial charge in [-0.15, -0.1) is 5.23 Å². The van der Waals surface area contributed by atoms with Gasteiger partial charge in [0.05, 0.1) is 5.69 Å². The number of hydrogen-bond donors (Lipinski definition) is 3. The van der Waals surface area contributed by atoms with E-state index in [0.717, 1.165) is 6.07 Å². The first kappa shape index (κ1) is 9.55. The average molecular weight is 185 g/mol. The molecule has 0 aliphatic heterocycles. The van der Waals surface area contributed by atoms with E-state index in [2.05, 4.69) is 0 Å². The van der Waals surface area contributed by atoms with Crippen LogP contribution < -0.4 is 16.2 Å². The fraction of sp³-hybridized carbons (Fsp3) is 0. The van der Waals surface area contributed by atoms with Crippen molar-refractivity contribution in [3.8, 4) is 0 Å². The smallest absolute Gasteiger partial charge is 0.139 e. The van der Waals surface area contributed by atoms with E-state index < -0.39 is 16.6 Å². The minimum atomic E-state index is -0.759. The van der Waals surface area contributed by atoms with Gasteiger partial charge < -0.3 is 21.4 Å². The van der Waals surface area contributed by atoms with Crippen molar-refractivity contribution in [3.63, 3.8) is 0 Å². The Morgan fingerprint density at radius 2 is 1.85 bits per heavy atom. The number of nitrogens with two attached hydrogens (primary N) is 1. The topological polar surface area (TPSA) is 119 Å². The second kappa shape index (κ2) is 3.46. The van der Waals surface area contributed by atoms with Crippen LogP contribution in [0.3, 0.4) is 0 Å². The Labute approximate surface area is 73.3 Å². The molecule has 0 spiro atoms. The average Bonchev–Trinajstić information content (AvgIpc) is 2.02. The molecular formula is C6H7N3O4-2. The van der Waals surface area contributed by atoms with Gasteiger partial charge in [0.15, 0.2) is 0 Å². The highest BCUT2D eigenvalue weighted by atomic mass is 16.8. The number of para-hydroxylation sites is 1. The third-order valence-electron chi connectivity index (χ3n) is 1.44. The molecule has 0 aliphatic carbocycles. The van der Waals surface area contributed by atoms with Gasteiger partial charge in [0.1, 0.15) is 5.69 Å². The summed E-state index contributed by atoms with van der Waals surface area (Å²) in [7, 11) is 0. The van der Waals surface area contributed by atoms with Crippen molar-refractivity contribution < 1.29 is 10.4 Å². The second-order valence-electron chi connectivity index (χ2n) is 2.26. The number of nitrogen functional groups attached to an aromatic ring is 1. The molecular weight excluding hydrogens is 178 g/mol. The Morgan fingerprint density at radius 3 is 2.23 bits per heavy atom.